The Morgan fingerprint density at radius 3 is 2.33 bits per heavy atom. The van der Waals surface area contributed by atoms with Crippen LogP contribution in [0.5, 0.6) is 17.4 Å². The maximum atomic E-state index is 9.06. The summed E-state index contributed by atoms with van der Waals surface area (Å²) in [5.74, 6) is 1.11. The Labute approximate surface area is 91.1 Å². The Morgan fingerprint density at radius 2 is 1.73 bits per heavy atom. The second-order valence-corrected chi connectivity index (χ2v) is 3.18. The minimum absolute atomic E-state index is 0.185. The van der Waals surface area contributed by atoms with Gasteiger partial charge < -0.3 is 9.84 Å². The van der Waals surface area contributed by atoms with Gasteiger partial charge in [-0.25, -0.2) is 0 Å². The maximum absolute atomic E-state index is 9.06. The minimum Gasteiger partial charge on any atom is -0.508 e. The van der Waals surface area contributed by atoms with E-state index in [0.29, 0.717) is 16.8 Å². The highest BCUT2D eigenvalue weighted by Gasteiger charge is 1.99. The fourth-order valence-electron chi connectivity index (χ4n) is 0.993. The van der Waals surface area contributed by atoms with Crippen molar-refractivity contribution in [2.24, 2.45) is 0 Å². The van der Waals surface area contributed by atoms with E-state index in [9.17, 15) is 0 Å². The number of hydrogen-bond donors (Lipinski definition) is 1. The van der Waals surface area contributed by atoms with Gasteiger partial charge >= 0.3 is 0 Å². The number of phenolic OH excluding ortho intramolecular Hbond substituents is 1. The van der Waals surface area contributed by atoms with Gasteiger partial charge in [0.1, 0.15) is 11.5 Å². The molecule has 0 amide bonds. The maximum Gasteiger partial charge on any atom is 0.238 e. The van der Waals surface area contributed by atoms with Crippen molar-refractivity contribution >= 4 is 11.6 Å². The number of halogens is 1. The molecule has 76 valence electrons. The lowest BCUT2D eigenvalue weighted by Gasteiger charge is -2.03. The summed E-state index contributed by atoms with van der Waals surface area (Å²) in [6.07, 6.45) is 0. The van der Waals surface area contributed by atoms with E-state index in [1.165, 1.54) is 12.1 Å². The van der Waals surface area contributed by atoms with Crippen LogP contribution in [0.4, 0.5) is 0 Å². The summed E-state index contributed by atoms with van der Waals surface area (Å²) in [7, 11) is 0. The SMILES string of the molecule is Oc1ccc(Oc2ccc(Cl)nn2)cc1. The standard InChI is InChI=1S/C10H7ClN2O2/c11-9-5-6-10(13-12-9)15-8-3-1-7(14)2-4-8/h1-6,14H. The molecular formula is C10H7ClN2O2. The fourth-order valence-corrected chi connectivity index (χ4v) is 1.09. The van der Waals surface area contributed by atoms with Crippen LogP contribution in [0.25, 0.3) is 0 Å². The lowest BCUT2D eigenvalue weighted by Crippen LogP contribution is -1.89. The molecule has 0 aliphatic carbocycles. The monoisotopic (exact) mass is 222 g/mol. The number of rotatable bonds is 2. The molecule has 0 saturated carbocycles. The molecule has 5 heteroatoms. The number of phenols is 1. The van der Waals surface area contributed by atoms with Crippen molar-refractivity contribution in [2.45, 2.75) is 0 Å². The van der Waals surface area contributed by atoms with Crippen LogP contribution in [-0.4, -0.2) is 15.3 Å². The molecule has 0 bridgehead atoms. The van der Waals surface area contributed by atoms with Crippen molar-refractivity contribution in [3.8, 4) is 17.4 Å². The highest BCUT2D eigenvalue weighted by atomic mass is 35.5. The summed E-state index contributed by atoms with van der Waals surface area (Å²) in [5, 5.41) is 16.7. The largest absolute Gasteiger partial charge is 0.508 e. The Hall–Kier alpha value is -1.81. The first kappa shape index (κ1) is 9.73. The lowest BCUT2D eigenvalue weighted by molar-refractivity contribution is 0.448. The van der Waals surface area contributed by atoms with Crippen molar-refractivity contribution in [1.82, 2.24) is 10.2 Å². The molecule has 0 atom stereocenters. The molecule has 0 saturated heterocycles. The van der Waals surface area contributed by atoms with Gasteiger partial charge in [0.2, 0.25) is 5.88 Å². The zero-order valence-corrected chi connectivity index (χ0v) is 8.35. The summed E-state index contributed by atoms with van der Waals surface area (Å²) in [6.45, 7) is 0. The zero-order valence-electron chi connectivity index (χ0n) is 7.59. The van der Waals surface area contributed by atoms with E-state index in [4.69, 9.17) is 21.4 Å². The lowest BCUT2D eigenvalue weighted by atomic mass is 10.3. The summed E-state index contributed by atoms with van der Waals surface area (Å²) in [6, 6.07) is 9.51. The number of aromatic nitrogens is 2. The molecule has 0 radical (unpaired) electrons. The summed E-state index contributed by atoms with van der Waals surface area (Å²) in [5.41, 5.74) is 0. The molecule has 1 aromatic carbocycles. The third kappa shape index (κ3) is 2.57. The number of aromatic hydroxyl groups is 1. The van der Waals surface area contributed by atoms with E-state index >= 15 is 0 Å². The first-order chi connectivity index (χ1) is 7.24. The molecule has 1 heterocycles. The molecule has 0 spiro atoms. The molecule has 0 fully saturated rings. The summed E-state index contributed by atoms with van der Waals surface area (Å²) >= 11 is 5.57. The average molecular weight is 223 g/mol. The third-order valence-corrected chi connectivity index (χ3v) is 1.87. The number of ether oxygens (including phenoxy) is 1. The number of hydrogen-bond acceptors (Lipinski definition) is 4. The molecule has 1 N–H and O–H groups in total. The van der Waals surface area contributed by atoms with E-state index < -0.39 is 0 Å². The van der Waals surface area contributed by atoms with Crippen molar-refractivity contribution < 1.29 is 9.84 Å². The van der Waals surface area contributed by atoms with Crippen molar-refractivity contribution in [3.63, 3.8) is 0 Å². The van der Waals surface area contributed by atoms with Gasteiger partial charge in [-0.1, -0.05) is 11.6 Å². The van der Waals surface area contributed by atoms with Crippen LogP contribution < -0.4 is 4.74 Å². The summed E-state index contributed by atoms with van der Waals surface area (Å²) < 4.78 is 5.34. The van der Waals surface area contributed by atoms with Gasteiger partial charge in [-0.15, -0.1) is 10.2 Å². The molecule has 1 aromatic heterocycles. The van der Waals surface area contributed by atoms with E-state index in [1.807, 2.05) is 0 Å². The third-order valence-electron chi connectivity index (χ3n) is 1.67. The van der Waals surface area contributed by atoms with Crippen LogP contribution in [0.3, 0.4) is 0 Å². The van der Waals surface area contributed by atoms with Crippen LogP contribution in [0.2, 0.25) is 5.15 Å². The Bertz CT molecular complexity index is 398. The molecule has 0 unspecified atom stereocenters. The predicted octanol–water partition coefficient (Wildman–Crippen LogP) is 2.63. The van der Waals surface area contributed by atoms with Gasteiger partial charge in [-0.3, -0.25) is 0 Å². The van der Waals surface area contributed by atoms with E-state index in [0.717, 1.165) is 0 Å². The molecule has 0 aliphatic rings. The van der Waals surface area contributed by atoms with Crippen molar-refractivity contribution in [2.75, 3.05) is 0 Å². The quantitative estimate of drug-likeness (QED) is 0.849. The smallest absolute Gasteiger partial charge is 0.238 e. The highest BCUT2D eigenvalue weighted by Crippen LogP contribution is 2.21. The molecular weight excluding hydrogens is 216 g/mol. The molecule has 4 nitrogen and oxygen atoms in total. The van der Waals surface area contributed by atoms with Crippen LogP contribution in [0, 0.1) is 0 Å². The predicted molar refractivity (Wildman–Crippen MR) is 55.2 cm³/mol. The number of nitrogens with zero attached hydrogens (tertiary/aromatic N) is 2. The molecule has 2 rings (SSSR count). The van der Waals surface area contributed by atoms with Crippen LogP contribution >= 0.6 is 11.6 Å². The fraction of sp³-hybridized carbons (Fsp3) is 0. The van der Waals surface area contributed by atoms with Crippen LogP contribution in [0.15, 0.2) is 36.4 Å². The summed E-state index contributed by atoms with van der Waals surface area (Å²) in [4.78, 5) is 0. The minimum atomic E-state index is 0.185. The first-order valence-electron chi connectivity index (χ1n) is 4.20. The first-order valence-corrected chi connectivity index (χ1v) is 4.58. The Kier molecular flexibility index (Phi) is 2.69. The second-order valence-electron chi connectivity index (χ2n) is 2.79. The van der Waals surface area contributed by atoms with Gasteiger partial charge in [0.25, 0.3) is 0 Å². The normalized spacial score (nSPS) is 9.93. The van der Waals surface area contributed by atoms with Crippen molar-refractivity contribution in [3.05, 3.63) is 41.6 Å². The average Bonchev–Trinajstić information content (AvgIpc) is 2.25. The molecule has 15 heavy (non-hydrogen) atoms. The van der Waals surface area contributed by atoms with E-state index in [1.54, 1.807) is 24.3 Å². The highest BCUT2D eigenvalue weighted by molar-refractivity contribution is 6.29. The van der Waals surface area contributed by atoms with Gasteiger partial charge in [-0.2, -0.15) is 0 Å². The molecule has 0 aliphatic heterocycles. The second kappa shape index (κ2) is 4.14. The zero-order chi connectivity index (χ0) is 10.7. The van der Waals surface area contributed by atoms with Crippen molar-refractivity contribution in [1.29, 1.82) is 0 Å². The van der Waals surface area contributed by atoms with E-state index in [-0.39, 0.29) is 5.75 Å². The van der Waals surface area contributed by atoms with Gasteiger partial charge in [-0.05, 0) is 30.3 Å². The van der Waals surface area contributed by atoms with E-state index in [2.05, 4.69) is 10.2 Å². The number of benzene rings is 1. The Morgan fingerprint density at radius 1 is 1.00 bits per heavy atom. The Balaban J connectivity index is 2.15. The van der Waals surface area contributed by atoms with Crippen LogP contribution in [-0.2, 0) is 0 Å². The van der Waals surface area contributed by atoms with Gasteiger partial charge in [0.15, 0.2) is 5.15 Å². The topological polar surface area (TPSA) is 55.2 Å². The van der Waals surface area contributed by atoms with Gasteiger partial charge in [0.05, 0.1) is 0 Å². The van der Waals surface area contributed by atoms with Gasteiger partial charge in [0, 0.05) is 6.07 Å². The van der Waals surface area contributed by atoms with Crippen LogP contribution in [0.1, 0.15) is 0 Å². The molecule has 2 aromatic rings.